The monoisotopic (exact) mass is 393 g/mol. The Morgan fingerprint density at radius 1 is 1.28 bits per heavy atom. The Bertz CT molecular complexity index is 860. The molecule has 0 atom stereocenters. The molecule has 136 valence electrons. The van der Waals surface area contributed by atoms with E-state index in [1.54, 1.807) is 6.92 Å². The molecule has 0 radical (unpaired) electrons. The number of aromatic nitrogens is 1. The summed E-state index contributed by atoms with van der Waals surface area (Å²) in [6.45, 7) is 1.80. The van der Waals surface area contributed by atoms with Crippen molar-refractivity contribution in [2.75, 3.05) is 6.61 Å². The quantitative estimate of drug-likeness (QED) is 0.703. The second-order valence-corrected chi connectivity index (χ2v) is 8.08. The number of esters is 1. The Morgan fingerprint density at radius 2 is 2.00 bits per heavy atom. The number of thiazole rings is 1. The van der Waals surface area contributed by atoms with Crippen LogP contribution in [0.1, 0.15) is 33.5 Å². The molecule has 2 rings (SSSR count). The van der Waals surface area contributed by atoms with Gasteiger partial charge in [-0.05, 0) is 18.6 Å². The zero-order chi connectivity index (χ0) is 18.7. The minimum Gasteiger partial charge on any atom is -0.461 e. The fourth-order valence-corrected chi connectivity index (χ4v) is 4.60. The van der Waals surface area contributed by atoms with E-state index in [1.807, 2.05) is 0 Å². The Balaban J connectivity index is 2.11. The topological polar surface area (TPSA) is 73.3 Å². The Morgan fingerprint density at radius 3 is 2.64 bits per heavy atom. The van der Waals surface area contributed by atoms with Crippen molar-refractivity contribution in [3.8, 4) is 0 Å². The molecular weight excluding hydrogens is 379 g/mol. The van der Waals surface area contributed by atoms with Crippen LogP contribution < -0.4 is 0 Å². The number of hydrogen-bond acceptors (Lipinski definition) is 6. The fraction of sp³-hybridized carbons (Fsp3) is 0.333. The lowest BCUT2D eigenvalue weighted by atomic mass is 10.1. The van der Waals surface area contributed by atoms with E-state index in [9.17, 15) is 26.4 Å². The van der Waals surface area contributed by atoms with Gasteiger partial charge in [0.1, 0.15) is 10.8 Å². The largest absolute Gasteiger partial charge is 0.461 e. The second kappa shape index (κ2) is 7.52. The number of carbonyl (C=O) groups is 1. The zero-order valence-corrected chi connectivity index (χ0v) is 14.7. The lowest BCUT2D eigenvalue weighted by Crippen LogP contribution is -2.10. The van der Waals surface area contributed by atoms with E-state index in [2.05, 4.69) is 4.98 Å². The lowest BCUT2D eigenvalue weighted by molar-refractivity contribution is -0.137. The van der Waals surface area contributed by atoms with Crippen LogP contribution in [-0.2, 0) is 32.3 Å². The maximum absolute atomic E-state index is 12.7. The van der Waals surface area contributed by atoms with E-state index in [0.717, 1.165) is 29.5 Å². The van der Waals surface area contributed by atoms with Crippen LogP contribution >= 0.6 is 11.3 Å². The summed E-state index contributed by atoms with van der Waals surface area (Å²) in [5, 5.41) is 1.56. The number of rotatable bonds is 6. The summed E-state index contributed by atoms with van der Waals surface area (Å²) < 4.78 is 67.2. The standard InChI is InChI=1S/C15H14F3NO4S2/c1-2-23-14(20)12-7-24-13(19-12)9-25(21,22)8-10-4-3-5-11(6-10)15(16,17)18/h3-7H,2,8-9H2,1H3. The fourth-order valence-electron chi connectivity index (χ4n) is 2.01. The number of halogens is 3. The van der Waals surface area contributed by atoms with Crippen LogP contribution in [0.25, 0.3) is 0 Å². The van der Waals surface area contributed by atoms with Gasteiger partial charge < -0.3 is 4.74 Å². The Hall–Kier alpha value is -1.94. The molecular formula is C15H14F3NO4S2. The highest BCUT2D eigenvalue weighted by Crippen LogP contribution is 2.30. The molecule has 2 aromatic rings. The van der Waals surface area contributed by atoms with E-state index in [-0.39, 0.29) is 22.9 Å². The van der Waals surface area contributed by atoms with Gasteiger partial charge in [-0.15, -0.1) is 11.3 Å². The van der Waals surface area contributed by atoms with Gasteiger partial charge in [-0.25, -0.2) is 18.2 Å². The molecule has 0 amide bonds. The molecule has 0 bridgehead atoms. The highest BCUT2D eigenvalue weighted by atomic mass is 32.2. The lowest BCUT2D eigenvalue weighted by Gasteiger charge is -2.08. The van der Waals surface area contributed by atoms with Crippen LogP contribution in [0.2, 0.25) is 0 Å². The van der Waals surface area contributed by atoms with Crippen molar-refractivity contribution >= 4 is 27.1 Å². The van der Waals surface area contributed by atoms with Crippen molar-refractivity contribution in [1.82, 2.24) is 4.98 Å². The summed E-state index contributed by atoms with van der Waals surface area (Å²) in [6.07, 6.45) is -4.54. The van der Waals surface area contributed by atoms with Gasteiger partial charge in [0.25, 0.3) is 0 Å². The molecule has 25 heavy (non-hydrogen) atoms. The molecule has 10 heteroatoms. The molecule has 1 heterocycles. The average Bonchev–Trinajstić information content (AvgIpc) is 2.94. The summed E-state index contributed by atoms with van der Waals surface area (Å²) in [5.74, 6) is -1.67. The molecule has 5 nitrogen and oxygen atoms in total. The van der Waals surface area contributed by atoms with Gasteiger partial charge in [0, 0.05) is 5.38 Å². The van der Waals surface area contributed by atoms with E-state index in [1.165, 1.54) is 11.4 Å². The third kappa shape index (κ3) is 5.53. The van der Waals surface area contributed by atoms with Gasteiger partial charge in [0.05, 0.1) is 17.9 Å². The molecule has 1 aromatic heterocycles. The third-order valence-electron chi connectivity index (χ3n) is 3.02. The number of benzene rings is 1. The summed E-state index contributed by atoms with van der Waals surface area (Å²) in [6, 6.07) is 4.17. The molecule has 0 unspecified atom stereocenters. The van der Waals surface area contributed by atoms with Crippen LogP contribution in [-0.4, -0.2) is 26.0 Å². The van der Waals surface area contributed by atoms with Gasteiger partial charge in [0.15, 0.2) is 15.5 Å². The average molecular weight is 393 g/mol. The van der Waals surface area contributed by atoms with Gasteiger partial charge in [-0.3, -0.25) is 0 Å². The molecule has 0 aliphatic heterocycles. The first-order chi connectivity index (χ1) is 11.6. The number of alkyl halides is 3. The molecule has 0 saturated carbocycles. The Kier molecular flexibility index (Phi) is 5.83. The van der Waals surface area contributed by atoms with E-state index in [0.29, 0.717) is 0 Å². The van der Waals surface area contributed by atoms with Crippen molar-refractivity contribution in [2.45, 2.75) is 24.6 Å². The summed E-state index contributed by atoms with van der Waals surface area (Å²) in [4.78, 5) is 15.4. The molecule has 0 N–H and O–H groups in total. The smallest absolute Gasteiger partial charge is 0.416 e. The van der Waals surface area contributed by atoms with Crippen molar-refractivity contribution in [3.63, 3.8) is 0 Å². The van der Waals surface area contributed by atoms with Crippen molar-refractivity contribution in [2.24, 2.45) is 0 Å². The van der Waals surface area contributed by atoms with Gasteiger partial charge in [-0.2, -0.15) is 13.2 Å². The van der Waals surface area contributed by atoms with Crippen LogP contribution in [0.4, 0.5) is 13.2 Å². The molecule has 0 aliphatic rings. The highest BCUT2D eigenvalue weighted by Gasteiger charge is 2.30. The maximum Gasteiger partial charge on any atom is 0.416 e. The zero-order valence-electron chi connectivity index (χ0n) is 13.0. The van der Waals surface area contributed by atoms with Crippen molar-refractivity contribution in [1.29, 1.82) is 0 Å². The SMILES string of the molecule is CCOC(=O)c1csc(CS(=O)(=O)Cc2cccc(C(F)(F)F)c2)n1. The van der Waals surface area contributed by atoms with Crippen LogP contribution in [0.3, 0.4) is 0 Å². The first kappa shape index (κ1) is 19.4. The summed E-state index contributed by atoms with van der Waals surface area (Å²) in [7, 11) is -3.75. The molecule has 0 saturated heterocycles. The van der Waals surface area contributed by atoms with E-state index < -0.39 is 39.1 Å². The minimum atomic E-state index is -4.54. The molecule has 1 aromatic carbocycles. The summed E-state index contributed by atoms with van der Waals surface area (Å²) in [5.41, 5.74) is -0.854. The normalized spacial score (nSPS) is 12.2. The van der Waals surface area contributed by atoms with Crippen LogP contribution in [0.15, 0.2) is 29.6 Å². The van der Waals surface area contributed by atoms with Gasteiger partial charge in [0.2, 0.25) is 0 Å². The first-order valence-electron chi connectivity index (χ1n) is 7.09. The number of carbonyl (C=O) groups excluding carboxylic acids is 1. The molecule has 0 fully saturated rings. The molecule has 0 aliphatic carbocycles. The predicted molar refractivity (Wildman–Crippen MR) is 85.8 cm³/mol. The minimum absolute atomic E-state index is 0.0103. The third-order valence-corrected chi connectivity index (χ3v) is 5.54. The predicted octanol–water partition coefficient (Wildman–Crippen LogP) is 3.45. The van der Waals surface area contributed by atoms with E-state index in [4.69, 9.17) is 4.74 Å². The number of ether oxygens (including phenoxy) is 1. The first-order valence-corrected chi connectivity index (χ1v) is 9.79. The summed E-state index contributed by atoms with van der Waals surface area (Å²) >= 11 is 0.977. The highest BCUT2D eigenvalue weighted by molar-refractivity contribution is 7.89. The van der Waals surface area contributed by atoms with Crippen molar-refractivity contribution in [3.05, 3.63) is 51.5 Å². The number of sulfone groups is 1. The van der Waals surface area contributed by atoms with Gasteiger partial charge in [-0.1, -0.05) is 18.2 Å². The number of nitrogens with zero attached hydrogens (tertiary/aromatic N) is 1. The van der Waals surface area contributed by atoms with E-state index >= 15 is 0 Å². The molecule has 0 spiro atoms. The van der Waals surface area contributed by atoms with Crippen LogP contribution in [0.5, 0.6) is 0 Å². The van der Waals surface area contributed by atoms with Crippen LogP contribution in [0, 0.1) is 0 Å². The maximum atomic E-state index is 12.7. The van der Waals surface area contributed by atoms with Gasteiger partial charge >= 0.3 is 12.1 Å². The Labute approximate surface area is 146 Å². The second-order valence-electron chi connectivity index (χ2n) is 5.08. The van der Waals surface area contributed by atoms with Crippen molar-refractivity contribution < 1.29 is 31.1 Å². The number of hydrogen-bond donors (Lipinski definition) is 0.